The van der Waals surface area contributed by atoms with Crippen molar-refractivity contribution in [3.05, 3.63) is 34.5 Å². The quantitative estimate of drug-likeness (QED) is 0.468. The molecule has 0 radical (unpaired) electrons. The predicted molar refractivity (Wildman–Crippen MR) is 68.6 cm³/mol. The van der Waals surface area contributed by atoms with E-state index in [4.69, 9.17) is 4.74 Å². The SMILES string of the molecule is C=CCC(=O)c1sccc1C(=O)OC(C)(C)C. The van der Waals surface area contributed by atoms with Gasteiger partial charge in [0.05, 0.1) is 10.4 Å². The van der Waals surface area contributed by atoms with Crippen LogP contribution >= 0.6 is 11.3 Å². The standard InChI is InChI=1S/C13H16O3S/c1-5-6-10(14)11-9(7-8-17-11)12(15)16-13(2,3)4/h5,7-8H,1,6H2,2-4H3. The molecule has 0 aliphatic carbocycles. The van der Waals surface area contributed by atoms with Crippen molar-refractivity contribution >= 4 is 23.1 Å². The summed E-state index contributed by atoms with van der Waals surface area (Å²) in [4.78, 5) is 24.0. The molecule has 0 bridgehead atoms. The second-order valence-corrected chi connectivity index (χ2v) is 5.50. The Morgan fingerprint density at radius 1 is 1.47 bits per heavy atom. The van der Waals surface area contributed by atoms with Crippen LogP contribution in [0.2, 0.25) is 0 Å². The topological polar surface area (TPSA) is 43.4 Å². The minimum Gasteiger partial charge on any atom is -0.456 e. The molecule has 1 aromatic heterocycles. The highest BCUT2D eigenvalue weighted by Crippen LogP contribution is 2.22. The van der Waals surface area contributed by atoms with Crippen LogP contribution in [0.4, 0.5) is 0 Å². The van der Waals surface area contributed by atoms with Crippen molar-refractivity contribution < 1.29 is 14.3 Å². The van der Waals surface area contributed by atoms with Crippen LogP contribution in [0.5, 0.6) is 0 Å². The van der Waals surface area contributed by atoms with Crippen molar-refractivity contribution in [2.75, 3.05) is 0 Å². The zero-order valence-corrected chi connectivity index (χ0v) is 11.1. The molecule has 0 saturated carbocycles. The number of ketones is 1. The minimum atomic E-state index is -0.558. The molecule has 92 valence electrons. The molecule has 4 heteroatoms. The van der Waals surface area contributed by atoms with E-state index in [1.165, 1.54) is 17.4 Å². The maximum atomic E-state index is 11.9. The summed E-state index contributed by atoms with van der Waals surface area (Å²) in [7, 11) is 0. The number of ether oxygens (including phenoxy) is 1. The molecule has 0 N–H and O–H groups in total. The van der Waals surface area contributed by atoms with Crippen molar-refractivity contribution in [1.82, 2.24) is 0 Å². The molecule has 17 heavy (non-hydrogen) atoms. The van der Waals surface area contributed by atoms with Crippen LogP contribution in [0, 0.1) is 0 Å². The summed E-state index contributed by atoms with van der Waals surface area (Å²) < 4.78 is 5.24. The van der Waals surface area contributed by atoms with Gasteiger partial charge in [-0.3, -0.25) is 4.79 Å². The number of esters is 1. The predicted octanol–water partition coefficient (Wildman–Crippen LogP) is 3.46. The molecule has 0 atom stereocenters. The molecule has 0 amide bonds. The fourth-order valence-electron chi connectivity index (χ4n) is 1.24. The van der Waals surface area contributed by atoms with Crippen LogP contribution in [-0.2, 0) is 4.74 Å². The molecule has 1 aromatic rings. The third kappa shape index (κ3) is 3.82. The molecule has 0 saturated heterocycles. The third-order valence-corrected chi connectivity index (χ3v) is 2.82. The maximum absolute atomic E-state index is 11.9. The summed E-state index contributed by atoms with van der Waals surface area (Å²) in [6.45, 7) is 8.89. The van der Waals surface area contributed by atoms with Crippen LogP contribution in [0.3, 0.4) is 0 Å². The molecule has 0 aliphatic rings. The van der Waals surface area contributed by atoms with Crippen LogP contribution in [0.1, 0.15) is 47.2 Å². The lowest BCUT2D eigenvalue weighted by Crippen LogP contribution is -2.24. The Kier molecular flexibility index (Phi) is 4.23. The lowest BCUT2D eigenvalue weighted by atomic mass is 10.1. The molecular formula is C13H16O3S. The van der Waals surface area contributed by atoms with Gasteiger partial charge in [-0.2, -0.15) is 0 Å². The van der Waals surface area contributed by atoms with E-state index < -0.39 is 11.6 Å². The van der Waals surface area contributed by atoms with Gasteiger partial charge < -0.3 is 4.74 Å². The highest BCUT2D eigenvalue weighted by molar-refractivity contribution is 7.12. The summed E-state index contributed by atoms with van der Waals surface area (Å²) in [6, 6.07) is 1.62. The zero-order chi connectivity index (χ0) is 13.1. The average Bonchev–Trinajstić information content (AvgIpc) is 2.63. The fraction of sp³-hybridized carbons (Fsp3) is 0.385. The third-order valence-electron chi connectivity index (χ3n) is 1.87. The van der Waals surface area contributed by atoms with Gasteiger partial charge in [0.25, 0.3) is 0 Å². The number of hydrogen-bond donors (Lipinski definition) is 0. The molecule has 3 nitrogen and oxygen atoms in total. The summed E-state index contributed by atoms with van der Waals surface area (Å²) >= 11 is 1.25. The normalized spacial score (nSPS) is 11.0. The highest BCUT2D eigenvalue weighted by Gasteiger charge is 2.23. The van der Waals surface area contributed by atoms with Crippen molar-refractivity contribution in [2.24, 2.45) is 0 Å². The Balaban J connectivity index is 2.92. The van der Waals surface area contributed by atoms with Crippen molar-refractivity contribution in [3.8, 4) is 0 Å². The number of thiophene rings is 1. The number of Topliss-reactive ketones (excluding diaryl/α,β-unsaturated/α-hetero) is 1. The molecule has 1 heterocycles. The Morgan fingerprint density at radius 3 is 2.65 bits per heavy atom. The average molecular weight is 252 g/mol. The zero-order valence-electron chi connectivity index (χ0n) is 10.3. The number of rotatable bonds is 4. The number of hydrogen-bond acceptors (Lipinski definition) is 4. The fourth-order valence-corrected chi connectivity index (χ4v) is 2.08. The number of carbonyl (C=O) groups is 2. The molecule has 0 aliphatic heterocycles. The Morgan fingerprint density at radius 2 is 2.12 bits per heavy atom. The van der Waals surface area contributed by atoms with Crippen LogP contribution in [0.15, 0.2) is 24.1 Å². The van der Waals surface area contributed by atoms with E-state index in [9.17, 15) is 9.59 Å². The molecule has 0 fully saturated rings. The van der Waals surface area contributed by atoms with E-state index in [0.29, 0.717) is 10.4 Å². The van der Waals surface area contributed by atoms with Crippen molar-refractivity contribution in [2.45, 2.75) is 32.8 Å². The van der Waals surface area contributed by atoms with Gasteiger partial charge in [-0.1, -0.05) is 6.08 Å². The van der Waals surface area contributed by atoms with Gasteiger partial charge in [0.15, 0.2) is 5.78 Å². The summed E-state index contributed by atoms with van der Waals surface area (Å²) in [5, 5.41) is 1.72. The molecule has 0 unspecified atom stereocenters. The molecule has 0 aromatic carbocycles. The van der Waals surface area contributed by atoms with Gasteiger partial charge in [-0.05, 0) is 32.2 Å². The van der Waals surface area contributed by atoms with Gasteiger partial charge in [0.1, 0.15) is 5.60 Å². The lowest BCUT2D eigenvalue weighted by Gasteiger charge is -2.19. The van der Waals surface area contributed by atoms with E-state index in [2.05, 4.69) is 6.58 Å². The van der Waals surface area contributed by atoms with Gasteiger partial charge in [0, 0.05) is 6.42 Å². The molecule has 1 rings (SSSR count). The first-order valence-electron chi connectivity index (χ1n) is 5.30. The monoisotopic (exact) mass is 252 g/mol. The lowest BCUT2D eigenvalue weighted by molar-refractivity contribution is 0.00685. The number of carbonyl (C=O) groups excluding carboxylic acids is 2. The first-order valence-corrected chi connectivity index (χ1v) is 6.18. The van der Waals surface area contributed by atoms with Gasteiger partial charge >= 0.3 is 5.97 Å². The number of allylic oxidation sites excluding steroid dienone is 1. The molecule has 0 spiro atoms. The summed E-state index contributed by atoms with van der Waals surface area (Å²) in [6.07, 6.45) is 1.76. The second-order valence-electron chi connectivity index (χ2n) is 4.58. The van der Waals surface area contributed by atoms with Gasteiger partial charge in [0.2, 0.25) is 0 Å². The summed E-state index contributed by atoms with van der Waals surface area (Å²) in [5.41, 5.74) is -0.214. The van der Waals surface area contributed by atoms with Crippen LogP contribution < -0.4 is 0 Å². The highest BCUT2D eigenvalue weighted by atomic mass is 32.1. The van der Waals surface area contributed by atoms with Gasteiger partial charge in [-0.25, -0.2) is 4.79 Å². The Bertz CT molecular complexity index is 438. The maximum Gasteiger partial charge on any atom is 0.340 e. The van der Waals surface area contributed by atoms with E-state index >= 15 is 0 Å². The van der Waals surface area contributed by atoms with Crippen LogP contribution in [-0.4, -0.2) is 17.4 Å². The largest absolute Gasteiger partial charge is 0.456 e. The van der Waals surface area contributed by atoms with E-state index in [1.807, 2.05) is 0 Å². The van der Waals surface area contributed by atoms with E-state index in [0.717, 1.165) is 0 Å². The summed E-state index contributed by atoms with van der Waals surface area (Å²) in [5.74, 6) is -0.554. The van der Waals surface area contributed by atoms with E-state index in [-0.39, 0.29) is 12.2 Å². The Labute approximate surface area is 105 Å². The first kappa shape index (κ1) is 13.6. The van der Waals surface area contributed by atoms with E-state index in [1.54, 1.807) is 32.2 Å². The van der Waals surface area contributed by atoms with Crippen molar-refractivity contribution in [1.29, 1.82) is 0 Å². The first-order chi connectivity index (χ1) is 7.85. The Hall–Kier alpha value is -1.42. The molecular weight excluding hydrogens is 236 g/mol. The minimum absolute atomic E-state index is 0.101. The van der Waals surface area contributed by atoms with Crippen LogP contribution in [0.25, 0.3) is 0 Å². The van der Waals surface area contributed by atoms with Gasteiger partial charge in [-0.15, -0.1) is 17.9 Å². The second kappa shape index (κ2) is 5.27. The van der Waals surface area contributed by atoms with Crippen molar-refractivity contribution in [3.63, 3.8) is 0 Å². The smallest absolute Gasteiger partial charge is 0.340 e.